The van der Waals surface area contributed by atoms with Crippen LogP contribution < -0.4 is 5.32 Å². The highest BCUT2D eigenvalue weighted by atomic mass is 35.5. The van der Waals surface area contributed by atoms with E-state index in [1.165, 1.54) is 6.20 Å². The van der Waals surface area contributed by atoms with Gasteiger partial charge in [0, 0.05) is 18.8 Å². The predicted octanol–water partition coefficient (Wildman–Crippen LogP) is 1.50. The lowest BCUT2D eigenvalue weighted by Crippen LogP contribution is -1.95. The maximum Gasteiger partial charge on any atom is 0.252 e. The Morgan fingerprint density at radius 3 is 3.00 bits per heavy atom. The van der Waals surface area contributed by atoms with E-state index in [1.54, 1.807) is 19.2 Å². The summed E-state index contributed by atoms with van der Waals surface area (Å²) in [4.78, 5) is 14.5. The van der Waals surface area contributed by atoms with Gasteiger partial charge >= 0.3 is 0 Å². The van der Waals surface area contributed by atoms with Crippen molar-refractivity contribution in [2.45, 2.75) is 0 Å². The summed E-state index contributed by atoms with van der Waals surface area (Å²) < 4.78 is 0. The molecule has 1 N–H and O–H groups in total. The zero-order valence-electron chi connectivity index (χ0n) is 5.97. The van der Waals surface area contributed by atoms with Gasteiger partial charge in [-0.2, -0.15) is 0 Å². The molecule has 4 heteroatoms. The molecule has 1 rings (SSSR count). The number of carbonyl (C=O) groups is 1. The summed E-state index contributed by atoms with van der Waals surface area (Å²) >= 11 is 5.24. The molecule has 0 aromatic carbocycles. The Kier molecular flexibility index (Phi) is 2.44. The lowest BCUT2D eigenvalue weighted by Gasteiger charge is -1.98. The molecule has 0 fully saturated rings. The van der Waals surface area contributed by atoms with Crippen LogP contribution in [0.1, 0.15) is 10.4 Å². The number of hydrogen-bond donors (Lipinski definition) is 1. The average molecular weight is 171 g/mol. The number of hydrogen-bond acceptors (Lipinski definition) is 3. The van der Waals surface area contributed by atoms with Crippen LogP contribution in [0.15, 0.2) is 18.3 Å². The number of anilines is 1. The van der Waals surface area contributed by atoms with Crippen LogP contribution in [0, 0.1) is 0 Å². The number of nitrogens with one attached hydrogen (secondary N) is 1. The number of nitrogens with zero attached hydrogens (tertiary/aromatic N) is 1. The minimum Gasteiger partial charge on any atom is -0.373 e. The second-order valence-electron chi connectivity index (χ2n) is 1.95. The van der Waals surface area contributed by atoms with Crippen LogP contribution in [0.2, 0.25) is 0 Å². The van der Waals surface area contributed by atoms with Gasteiger partial charge < -0.3 is 5.32 Å². The third kappa shape index (κ3) is 1.91. The second kappa shape index (κ2) is 3.34. The molecule has 1 aromatic rings. The van der Waals surface area contributed by atoms with E-state index in [-0.39, 0.29) is 0 Å². The molecule has 0 unspecified atom stereocenters. The topological polar surface area (TPSA) is 42.0 Å². The minimum atomic E-state index is -0.469. The van der Waals surface area contributed by atoms with Crippen molar-refractivity contribution >= 4 is 22.7 Å². The van der Waals surface area contributed by atoms with E-state index in [0.29, 0.717) is 11.4 Å². The Labute approximate surface area is 69.4 Å². The molecule has 58 valence electrons. The van der Waals surface area contributed by atoms with E-state index in [4.69, 9.17) is 11.6 Å². The van der Waals surface area contributed by atoms with Gasteiger partial charge in [-0.25, -0.2) is 4.98 Å². The molecule has 0 bridgehead atoms. The Bertz CT molecular complexity index is 275. The number of carbonyl (C=O) groups excluding carboxylic acids is 1. The molecule has 3 nitrogen and oxygen atoms in total. The first-order valence-corrected chi connectivity index (χ1v) is 3.45. The maximum absolute atomic E-state index is 10.6. The Morgan fingerprint density at radius 2 is 2.45 bits per heavy atom. The fourth-order valence-electron chi connectivity index (χ4n) is 0.690. The first kappa shape index (κ1) is 8.01. The van der Waals surface area contributed by atoms with E-state index in [9.17, 15) is 4.79 Å². The normalized spacial score (nSPS) is 9.27. The molecule has 0 spiro atoms. The molecular weight excluding hydrogens is 164 g/mol. The highest BCUT2D eigenvalue weighted by molar-refractivity contribution is 6.67. The largest absolute Gasteiger partial charge is 0.373 e. The van der Waals surface area contributed by atoms with Crippen molar-refractivity contribution < 1.29 is 4.79 Å². The summed E-state index contributed by atoms with van der Waals surface area (Å²) in [5.41, 5.74) is 0.450. The van der Waals surface area contributed by atoms with Crippen LogP contribution in [0.4, 0.5) is 5.82 Å². The molecule has 1 heterocycles. The summed E-state index contributed by atoms with van der Waals surface area (Å²) in [5, 5.41) is 2.33. The van der Waals surface area contributed by atoms with Crippen LogP contribution >= 0.6 is 11.6 Å². The van der Waals surface area contributed by atoms with E-state index >= 15 is 0 Å². The SMILES string of the molecule is CNc1cc(C(=O)Cl)ccn1. The minimum absolute atomic E-state index is 0.450. The van der Waals surface area contributed by atoms with Crippen LogP contribution in [-0.4, -0.2) is 17.3 Å². The van der Waals surface area contributed by atoms with Gasteiger partial charge in [0.2, 0.25) is 0 Å². The average Bonchev–Trinajstić information content (AvgIpc) is 2.05. The molecule has 0 aliphatic rings. The fraction of sp³-hybridized carbons (Fsp3) is 0.143. The first-order valence-electron chi connectivity index (χ1n) is 3.07. The number of rotatable bonds is 2. The van der Waals surface area contributed by atoms with Crippen LogP contribution in [0.25, 0.3) is 0 Å². The summed E-state index contributed by atoms with van der Waals surface area (Å²) in [7, 11) is 1.73. The van der Waals surface area contributed by atoms with Crippen LogP contribution in [0.3, 0.4) is 0 Å². The van der Waals surface area contributed by atoms with E-state index in [2.05, 4.69) is 10.3 Å². The molecule has 11 heavy (non-hydrogen) atoms. The number of aromatic nitrogens is 1. The molecule has 0 saturated carbocycles. The van der Waals surface area contributed by atoms with Gasteiger partial charge in [0.05, 0.1) is 0 Å². The summed E-state index contributed by atoms with van der Waals surface area (Å²) in [5.74, 6) is 0.636. The molecule has 0 radical (unpaired) electrons. The van der Waals surface area contributed by atoms with Crippen molar-refractivity contribution in [1.82, 2.24) is 4.98 Å². The summed E-state index contributed by atoms with van der Waals surface area (Å²) in [6.45, 7) is 0. The quantitative estimate of drug-likeness (QED) is 0.684. The Hall–Kier alpha value is -1.09. The standard InChI is InChI=1S/C7H7ClN2O/c1-9-6-4-5(7(8)11)2-3-10-6/h2-4H,1H3,(H,9,10). The lowest BCUT2D eigenvalue weighted by atomic mass is 10.3. The van der Waals surface area contributed by atoms with Crippen LogP contribution in [-0.2, 0) is 0 Å². The highest BCUT2D eigenvalue weighted by Crippen LogP contribution is 2.07. The highest BCUT2D eigenvalue weighted by Gasteiger charge is 2.01. The zero-order chi connectivity index (χ0) is 8.27. The van der Waals surface area contributed by atoms with Crippen molar-refractivity contribution in [1.29, 1.82) is 0 Å². The van der Waals surface area contributed by atoms with Gasteiger partial charge in [-0.3, -0.25) is 4.79 Å². The lowest BCUT2D eigenvalue weighted by molar-refractivity contribution is 0.108. The van der Waals surface area contributed by atoms with Crippen molar-refractivity contribution in [2.75, 3.05) is 12.4 Å². The third-order valence-electron chi connectivity index (χ3n) is 1.24. The molecule has 0 aliphatic heterocycles. The first-order chi connectivity index (χ1) is 5.24. The molecule has 0 aliphatic carbocycles. The van der Waals surface area contributed by atoms with Gasteiger partial charge in [-0.05, 0) is 23.7 Å². The van der Waals surface area contributed by atoms with Crippen molar-refractivity contribution in [3.63, 3.8) is 0 Å². The van der Waals surface area contributed by atoms with E-state index < -0.39 is 5.24 Å². The summed E-state index contributed by atoms with van der Waals surface area (Å²) in [6.07, 6.45) is 1.53. The van der Waals surface area contributed by atoms with Gasteiger partial charge in [0.25, 0.3) is 5.24 Å². The fourth-order valence-corrected chi connectivity index (χ4v) is 0.807. The van der Waals surface area contributed by atoms with Crippen molar-refractivity contribution in [3.05, 3.63) is 23.9 Å². The molecule has 0 saturated heterocycles. The Morgan fingerprint density at radius 1 is 1.73 bits per heavy atom. The summed E-state index contributed by atoms with van der Waals surface area (Å²) in [6, 6.07) is 3.16. The van der Waals surface area contributed by atoms with E-state index in [1.807, 2.05) is 0 Å². The van der Waals surface area contributed by atoms with Crippen molar-refractivity contribution in [3.8, 4) is 0 Å². The maximum atomic E-state index is 10.6. The molecule has 0 atom stereocenters. The molecule has 1 aromatic heterocycles. The van der Waals surface area contributed by atoms with Crippen molar-refractivity contribution in [2.24, 2.45) is 0 Å². The van der Waals surface area contributed by atoms with E-state index in [0.717, 1.165) is 0 Å². The van der Waals surface area contributed by atoms with Gasteiger partial charge in [0.1, 0.15) is 5.82 Å². The monoisotopic (exact) mass is 170 g/mol. The predicted molar refractivity (Wildman–Crippen MR) is 44.0 cm³/mol. The van der Waals surface area contributed by atoms with Gasteiger partial charge in [-0.1, -0.05) is 0 Å². The van der Waals surface area contributed by atoms with Gasteiger partial charge in [0.15, 0.2) is 0 Å². The smallest absolute Gasteiger partial charge is 0.252 e. The van der Waals surface area contributed by atoms with Gasteiger partial charge in [-0.15, -0.1) is 0 Å². The Balaban J connectivity index is 3.01. The number of halogens is 1. The zero-order valence-corrected chi connectivity index (χ0v) is 6.72. The number of pyridine rings is 1. The third-order valence-corrected chi connectivity index (χ3v) is 1.46. The molecule has 0 amide bonds. The molecular formula is C7H7ClN2O. The van der Waals surface area contributed by atoms with Crippen LogP contribution in [0.5, 0.6) is 0 Å². The second-order valence-corrected chi connectivity index (χ2v) is 2.30.